The molecular formula is C14H22N4. The highest BCUT2D eigenvalue weighted by Gasteiger charge is 2.17. The van der Waals surface area contributed by atoms with E-state index in [2.05, 4.69) is 35.0 Å². The molecule has 0 aliphatic carbocycles. The van der Waals surface area contributed by atoms with E-state index in [0.717, 1.165) is 32.5 Å². The minimum Gasteiger partial charge on any atom is -0.370 e. The molecule has 0 saturated heterocycles. The molecular weight excluding hydrogens is 224 g/mol. The third-order valence-electron chi connectivity index (χ3n) is 3.33. The Morgan fingerprint density at radius 2 is 2.22 bits per heavy atom. The number of benzene rings is 1. The summed E-state index contributed by atoms with van der Waals surface area (Å²) in [5.74, 6) is 0.648. The Morgan fingerprint density at radius 1 is 1.39 bits per heavy atom. The molecule has 1 aliphatic heterocycles. The smallest absolute Gasteiger partial charge is 0.191 e. The second kappa shape index (κ2) is 5.87. The lowest BCUT2D eigenvalue weighted by Gasteiger charge is -2.29. The van der Waals surface area contributed by atoms with E-state index in [4.69, 9.17) is 11.5 Å². The lowest BCUT2D eigenvalue weighted by atomic mass is 9.98. The van der Waals surface area contributed by atoms with Crippen LogP contribution in [-0.2, 0) is 13.0 Å². The molecule has 4 nitrogen and oxygen atoms in total. The summed E-state index contributed by atoms with van der Waals surface area (Å²) in [6.45, 7) is 5.34. The predicted octanol–water partition coefficient (Wildman–Crippen LogP) is 1.02. The van der Waals surface area contributed by atoms with Crippen LogP contribution in [0.15, 0.2) is 23.2 Å². The van der Waals surface area contributed by atoms with Gasteiger partial charge in [-0.25, -0.2) is 0 Å². The van der Waals surface area contributed by atoms with Gasteiger partial charge in [0.05, 0.1) is 0 Å². The number of fused-ring (bicyclic) bond motifs is 1. The maximum atomic E-state index is 6.01. The average Bonchev–Trinajstić information content (AvgIpc) is 2.38. The molecule has 0 bridgehead atoms. The molecule has 4 N–H and O–H groups in total. The third kappa shape index (κ3) is 3.01. The van der Waals surface area contributed by atoms with E-state index < -0.39 is 0 Å². The van der Waals surface area contributed by atoms with Crippen molar-refractivity contribution in [3.05, 3.63) is 34.9 Å². The van der Waals surface area contributed by atoms with Crippen LogP contribution in [0.1, 0.15) is 23.1 Å². The standard InChI is InChI=1S/C14H22N4/c1-11-3-4-13-10-18(8-5-12(13)9-11)14(16)17-7-2-6-15/h3-4,9H,2,5-8,10,15H2,1H3,(H2,16,17). The van der Waals surface area contributed by atoms with Crippen LogP contribution < -0.4 is 11.5 Å². The number of nitrogens with zero attached hydrogens (tertiary/aromatic N) is 2. The Balaban J connectivity index is 2.03. The molecule has 1 aliphatic rings. The number of guanidine groups is 1. The van der Waals surface area contributed by atoms with Crippen molar-refractivity contribution in [1.29, 1.82) is 0 Å². The topological polar surface area (TPSA) is 67.6 Å². The van der Waals surface area contributed by atoms with Gasteiger partial charge in [0.2, 0.25) is 0 Å². The van der Waals surface area contributed by atoms with E-state index in [-0.39, 0.29) is 0 Å². The lowest BCUT2D eigenvalue weighted by Crippen LogP contribution is -2.41. The van der Waals surface area contributed by atoms with Crippen molar-refractivity contribution in [2.45, 2.75) is 26.3 Å². The van der Waals surface area contributed by atoms with Gasteiger partial charge >= 0.3 is 0 Å². The van der Waals surface area contributed by atoms with Crippen molar-refractivity contribution in [2.75, 3.05) is 19.6 Å². The molecule has 0 radical (unpaired) electrons. The van der Waals surface area contributed by atoms with E-state index in [9.17, 15) is 0 Å². The molecule has 2 rings (SSSR count). The molecule has 0 saturated carbocycles. The van der Waals surface area contributed by atoms with Gasteiger partial charge in [-0.15, -0.1) is 0 Å². The summed E-state index contributed by atoms with van der Waals surface area (Å²) in [7, 11) is 0. The fourth-order valence-corrected chi connectivity index (χ4v) is 2.26. The second-order valence-electron chi connectivity index (χ2n) is 4.83. The summed E-state index contributed by atoms with van der Waals surface area (Å²) in [5, 5.41) is 0. The highest BCUT2D eigenvalue weighted by atomic mass is 15.2. The molecule has 4 heteroatoms. The van der Waals surface area contributed by atoms with Gasteiger partial charge in [-0.3, -0.25) is 4.99 Å². The van der Waals surface area contributed by atoms with Gasteiger partial charge in [-0.2, -0.15) is 0 Å². The zero-order valence-corrected chi connectivity index (χ0v) is 11.0. The van der Waals surface area contributed by atoms with Crippen molar-refractivity contribution in [1.82, 2.24) is 4.90 Å². The first-order valence-electron chi connectivity index (χ1n) is 6.54. The number of aliphatic imine (C=N–C) groups is 1. The number of nitrogens with two attached hydrogens (primary N) is 2. The van der Waals surface area contributed by atoms with Gasteiger partial charge in [0.1, 0.15) is 0 Å². The maximum Gasteiger partial charge on any atom is 0.191 e. The van der Waals surface area contributed by atoms with E-state index in [0.29, 0.717) is 12.5 Å². The molecule has 18 heavy (non-hydrogen) atoms. The van der Waals surface area contributed by atoms with Gasteiger partial charge in [0.25, 0.3) is 0 Å². The molecule has 0 unspecified atom stereocenters. The fourth-order valence-electron chi connectivity index (χ4n) is 2.26. The predicted molar refractivity (Wildman–Crippen MR) is 75.5 cm³/mol. The van der Waals surface area contributed by atoms with E-state index >= 15 is 0 Å². The fraction of sp³-hybridized carbons (Fsp3) is 0.500. The molecule has 1 aromatic rings. The van der Waals surface area contributed by atoms with E-state index in [1.54, 1.807) is 0 Å². The molecule has 1 heterocycles. The minimum absolute atomic E-state index is 0.648. The van der Waals surface area contributed by atoms with Gasteiger partial charge < -0.3 is 16.4 Å². The van der Waals surface area contributed by atoms with Crippen LogP contribution in [0, 0.1) is 6.92 Å². The average molecular weight is 246 g/mol. The molecule has 0 atom stereocenters. The largest absolute Gasteiger partial charge is 0.370 e. The van der Waals surface area contributed by atoms with Crippen molar-refractivity contribution < 1.29 is 0 Å². The van der Waals surface area contributed by atoms with Crippen molar-refractivity contribution in [3.8, 4) is 0 Å². The summed E-state index contributed by atoms with van der Waals surface area (Å²) in [6.07, 6.45) is 1.94. The molecule has 1 aromatic carbocycles. The number of rotatable bonds is 3. The van der Waals surface area contributed by atoms with Gasteiger partial charge in [-0.05, 0) is 37.4 Å². The molecule has 0 fully saturated rings. The van der Waals surface area contributed by atoms with Crippen molar-refractivity contribution >= 4 is 5.96 Å². The quantitative estimate of drug-likeness (QED) is 0.475. The van der Waals surface area contributed by atoms with Crippen LogP contribution in [0.25, 0.3) is 0 Å². The molecule has 0 spiro atoms. The first kappa shape index (κ1) is 12.9. The zero-order chi connectivity index (χ0) is 13.0. The Hall–Kier alpha value is -1.55. The van der Waals surface area contributed by atoms with E-state index in [1.165, 1.54) is 16.7 Å². The van der Waals surface area contributed by atoms with Gasteiger partial charge in [0, 0.05) is 19.6 Å². The summed E-state index contributed by atoms with van der Waals surface area (Å²) >= 11 is 0. The monoisotopic (exact) mass is 246 g/mol. The van der Waals surface area contributed by atoms with Crippen molar-refractivity contribution in [2.24, 2.45) is 16.5 Å². The van der Waals surface area contributed by atoms with E-state index in [1.807, 2.05) is 0 Å². The van der Waals surface area contributed by atoms with Crippen LogP contribution >= 0.6 is 0 Å². The molecule has 0 aromatic heterocycles. The lowest BCUT2D eigenvalue weighted by molar-refractivity contribution is 0.388. The second-order valence-corrected chi connectivity index (χ2v) is 4.83. The summed E-state index contributed by atoms with van der Waals surface area (Å²) in [4.78, 5) is 6.52. The molecule has 0 amide bonds. The van der Waals surface area contributed by atoms with Gasteiger partial charge in [0.15, 0.2) is 5.96 Å². The zero-order valence-electron chi connectivity index (χ0n) is 11.0. The first-order chi connectivity index (χ1) is 8.70. The Morgan fingerprint density at radius 3 is 3.00 bits per heavy atom. The maximum absolute atomic E-state index is 6.01. The molecule has 98 valence electrons. The van der Waals surface area contributed by atoms with Crippen molar-refractivity contribution in [3.63, 3.8) is 0 Å². The Labute approximate surface area is 109 Å². The summed E-state index contributed by atoms with van der Waals surface area (Å²) < 4.78 is 0. The van der Waals surface area contributed by atoms with Crippen LogP contribution in [0.2, 0.25) is 0 Å². The number of hydrogen-bond donors (Lipinski definition) is 2. The Kier molecular flexibility index (Phi) is 4.20. The normalized spacial score (nSPS) is 15.7. The van der Waals surface area contributed by atoms with Crippen LogP contribution in [0.3, 0.4) is 0 Å². The Bertz CT molecular complexity index is 439. The van der Waals surface area contributed by atoms with Crippen LogP contribution in [0.4, 0.5) is 0 Å². The van der Waals surface area contributed by atoms with Gasteiger partial charge in [-0.1, -0.05) is 23.8 Å². The highest BCUT2D eigenvalue weighted by molar-refractivity contribution is 5.78. The highest BCUT2D eigenvalue weighted by Crippen LogP contribution is 2.19. The number of aryl methyl sites for hydroxylation is 1. The summed E-state index contributed by atoms with van der Waals surface area (Å²) in [6, 6.07) is 6.63. The van der Waals surface area contributed by atoms with Crippen LogP contribution in [-0.4, -0.2) is 30.5 Å². The minimum atomic E-state index is 0.648. The number of hydrogen-bond acceptors (Lipinski definition) is 2. The third-order valence-corrected chi connectivity index (χ3v) is 3.33. The SMILES string of the molecule is Cc1ccc2c(c1)CCN(C(N)=NCCCN)C2. The van der Waals surface area contributed by atoms with Crippen LogP contribution in [0.5, 0.6) is 0 Å². The summed E-state index contributed by atoms with van der Waals surface area (Å²) in [5.41, 5.74) is 15.6. The first-order valence-corrected chi connectivity index (χ1v) is 6.54.